The monoisotopic (exact) mass is 312 g/mol. The lowest BCUT2D eigenvalue weighted by molar-refractivity contribution is 0.286. The van der Waals surface area contributed by atoms with Crippen molar-refractivity contribution in [3.8, 4) is 11.5 Å². The third kappa shape index (κ3) is 2.66. The maximum atomic E-state index is 5.70. The van der Waals surface area contributed by atoms with Crippen LogP contribution in [0.2, 0.25) is 0 Å². The number of hydrogen-bond acceptors (Lipinski definition) is 2. The highest BCUT2D eigenvalue weighted by molar-refractivity contribution is 9.09. The SMILES string of the molecule is CCOc1cc2c(cc1OCC)C(Br)CCC2C. The van der Waals surface area contributed by atoms with Gasteiger partial charge in [-0.1, -0.05) is 22.9 Å². The van der Waals surface area contributed by atoms with Gasteiger partial charge in [-0.05, 0) is 55.9 Å². The van der Waals surface area contributed by atoms with Crippen molar-refractivity contribution in [1.29, 1.82) is 0 Å². The number of hydrogen-bond donors (Lipinski definition) is 0. The van der Waals surface area contributed by atoms with Gasteiger partial charge in [0, 0.05) is 4.83 Å². The smallest absolute Gasteiger partial charge is 0.161 e. The molecule has 3 heteroatoms. The van der Waals surface area contributed by atoms with Crippen molar-refractivity contribution >= 4 is 15.9 Å². The average Bonchev–Trinajstić information content (AvgIpc) is 2.36. The Hall–Kier alpha value is -0.700. The molecule has 0 saturated heterocycles. The third-order valence-electron chi connectivity index (χ3n) is 3.47. The van der Waals surface area contributed by atoms with Crippen LogP contribution in [0.1, 0.15) is 55.5 Å². The summed E-state index contributed by atoms with van der Waals surface area (Å²) in [5.74, 6) is 2.35. The molecule has 1 aliphatic rings. The van der Waals surface area contributed by atoms with Crippen LogP contribution in [0.15, 0.2) is 12.1 Å². The minimum Gasteiger partial charge on any atom is -0.490 e. The first-order valence-corrected chi connectivity index (χ1v) is 7.66. The number of ether oxygens (including phenoxy) is 2. The molecule has 0 fully saturated rings. The first-order chi connectivity index (χ1) is 8.67. The summed E-state index contributed by atoms with van der Waals surface area (Å²) in [6.45, 7) is 7.63. The Labute approximate surface area is 118 Å². The summed E-state index contributed by atoms with van der Waals surface area (Å²) < 4.78 is 11.4. The van der Waals surface area contributed by atoms with Crippen molar-refractivity contribution in [2.45, 2.75) is 44.4 Å². The molecule has 18 heavy (non-hydrogen) atoms. The molecule has 0 aliphatic heterocycles. The van der Waals surface area contributed by atoms with Gasteiger partial charge in [0.1, 0.15) is 0 Å². The van der Waals surface area contributed by atoms with E-state index in [1.165, 1.54) is 24.0 Å². The molecule has 0 radical (unpaired) electrons. The topological polar surface area (TPSA) is 18.5 Å². The molecule has 1 aromatic rings. The molecule has 2 atom stereocenters. The summed E-state index contributed by atoms with van der Waals surface area (Å²) in [5.41, 5.74) is 2.76. The third-order valence-corrected chi connectivity index (χ3v) is 4.42. The van der Waals surface area contributed by atoms with E-state index in [1.54, 1.807) is 0 Å². The highest BCUT2D eigenvalue weighted by Crippen LogP contribution is 2.46. The highest BCUT2D eigenvalue weighted by atomic mass is 79.9. The lowest BCUT2D eigenvalue weighted by Crippen LogP contribution is -2.10. The molecule has 0 N–H and O–H groups in total. The number of fused-ring (bicyclic) bond motifs is 1. The van der Waals surface area contributed by atoms with Gasteiger partial charge >= 0.3 is 0 Å². The zero-order valence-electron chi connectivity index (χ0n) is 11.3. The number of halogens is 1. The molecule has 100 valence electrons. The number of alkyl halides is 1. The van der Waals surface area contributed by atoms with Crippen LogP contribution in [-0.4, -0.2) is 13.2 Å². The predicted molar refractivity (Wildman–Crippen MR) is 78.1 cm³/mol. The first kappa shape index (κ1) is 13.7. The second kappa shape index (κ2) is 5.96. The van der Waals surface area contributed by atoms with Gasteiger partial charge in [-0.25, -0.2) is 0 Å². The van der Waals surface area contributed by atoms with Gasteiger partial charge in [-0.15, -0.1) is 0 Å². The fraction of sp³-hybridized carbons (Fsp3) is 0.600. The van der Waals surface area contributed by atoms with E-state index in [0.29, 0.717) is 24.0 Å². The fourth-order valence-corrected chi connectivity index (χ4v) is 3.19. The van der Waals surface area contributed by atoms with E-state index >= 15 is 0 Å². The lowest BCUT2D eigenvalue weighted by Gasteiger charge is -2.28. The van der Waals surface area contributed by atoms with Gasteiger partial charge in [-0.2, -0.15) is 0 Å². The quantitative estimate of drug-likeness (QED) is 0.742. The van der Waals surface area contributed by atoms with Gasteiger partial charge in [-0.3, -0.25) is 0 Å². The summed E-state index contributed by atoms with van der Waals surface area (Å²) in [7, 11) is 0. The Balaban J connectivity index is 2.45. The lowest BCUT2D eigenvalue weighted by atomic mass is 9.83. The molecule has 2 rings (SSSR count). The highest BCUT2D eigenvalue weighted by Gasteiger charge is 2.25. The molecule has 1 aliphatic carbocycles. The van der Waals surface area contributed by atoms with E-state index < -0.39 is 0 Å². The summed E-state index contributed by atoms with van der Waals surface area (Å²) in [4.78, 5) is 0.443. The van der Waals surface area contributed by atoms with Crippen LogP contribution in [0.5, 0.6) is 11.5 Å². The van der Waals surface area contributed by atoms with E-state index in [2.05, 4.69) is 35.0 Å². The Morgan fingerprint density at radius 3 is 2.17 bits per heavy atom. The van der Waals surface area contributed by atoms with Crippen LogP contribution in [-0.2, 0) is 0 Å². The Morgan fingerprint density at radius 1 is 1.06 bits per heavy atom. The Kier molecular flexibility index (Phi) is 4.55. The van der Waals surface area contributed by atoms with Crippen LogP contribution in [0, 0.1) is 0 Å². The van der Waals surface area contributed by atoms with Crippen molar-refractivity contribution in [3.63, 3.8) is 0 Å². The van der Waals surface area contributed by atoms with E-state index in [0.717, 1.165) is 11.5 Å². The molecule has 2 nitrogen and oxygen atoms in total. The Bertz CT molecular complexity index is 378. The van der Waals surface area contributed by atoms with Gasteiger partial charge < -0.3 is 9.47 Å². The van der Waals surface area contributed by atoms with Crippen LogP contribution in [0.25, 0.3) is 0 Å². The van der Waals surface area contributed by atoms with Crippen molar-refractivity contribution in [2.24, 2.45) is 0 Å². The van der Waals surface area contributed by atoms with Crippen LogP contribution in [0.3, 0.4) is 0 Å². The molecule has 0 aromatic heterocycles. The molecule has 0 heterocycles. The van der Waals surface area contributed by atoms with Crippen molar-refractivity contribution in [3.05, 3.63) is 23.3 Å². The van der Waals surface area contributed by atoms with Gasteiger partial charge in [0.25, 0.3) is 0 Å². The molecule has 2 unspecified atom stereocenters. The molecule has 0 bridgehead atoms. The predicted octanol–water partition coefficient (Wildman–Crippen LogP) is 4.82. The van der Waals surface area contributed by atoms with Gasteiger partial charge in [0.2, 0.25) is 0 Å². The first-order valence-electron chi connectivity index (χ1n) is 6.74. The van der Waals surface area contributed by atoms with E-state index in [4.69, 9.17) is 9.47 Å². The summed E-state index contributed by atoms with van der Waals surface area (Å²) >= 11 is 3.77. The molecule has 0 saturated carbocycles. The van der Waals surface area contributed by atoms with Crippen molar-refractivity contribution in [1.82, 2.24) is 0 Å². The van der Waals surface area contributed by atoms with Crippen molar-refractivity contribution in [2.75, 3.05) is 13.2 Å². The van der Waals surface area contributed by atoms with Gasteiger partial charge in [0.05, 0.1) is 13.2 Å². The molecular weight excluding hydrogens is 292 g/mol. The van der Waals surface area contributed by atoms with Crippen LogP contribution >= 0.6 is 15.9 Å². The van der Waals surface area contributed by atoms with Crippen molar-refractivity contribution < 1.29 is 9.47 Å². The average molecular weight is 313 g/mol. The molecule has 0 amide bonds. The zero-order valence-corrected chi connectivity index (χ0v) is 12.9. The number of benzene rings is 1. The molecule has 1 aromatic carbocycles. The molecule has 0 spiro atoms. The van der Waals surface area contributed by atoms with E-state index in [9.17, 15) is 0 Å². The maximum Gasteiger partial charge on any atom is 0.161 e. The van der Waals surface area contributed by atoms with E-state index in [-0.39, 0.29) is 0 Å². The largest absolute Gasteiger partial charge is 0.490 e. The fourth-order valence-electron chi connectivity index (χ4n) is 2.53. The minimum atomic E-state index is 0.443. The minimum absolute atomic E-state index is 0.443. The summed E-state index contributed by atoms with van der Waals surface area (Å²) in [5, 5.41) is 0. The summed E-state index contributed by atoms with van der Waals surface area (Å²) in [6, 6.07) is 4.32. The van der Waals surface area contributed by atoms with Crippen LogP contribution in [0.4, 0.5) is 0 Å². The molecular formula is C15H21BrO2. The maximum absolute atomic E-state index is 5.70. The normalized spacial score (nSPS) is 22.4. The van der Waals surface area contributed by atoms with Gasteiger partial charge in [0.15, 0.2) is 11.5 Å². The zero-order chi connectivity index (χ0) is 13.1. The number of rotatable bonds is 4. The summed E-state index contributed by atoms with van der Waals surface area (Å²) in [6.07, 6.45) is 2.41. The standard InChI is InChI=1S/C15H21BrO2/c1-4-17-14-8-11-10(3)6-7-13(16)12(11)9-15(14)18-5-2/h8-10,13H,4-7H2,1-3H3. The Morgan fingerprint density at radius 2 is 1.61 bits per heavy atom. The second-order valence-corrected chi connectivity index (χ2v) is 5.85. The van der Waals surface area contributed by atoms with E-state index in [1.807, 2.05) is 13.8 Å². The second-order valence-electron chi connectivity index (χ2n) is 4.74. The van der Waals surface area contributed by atoms with Crippen LogP contribution < -0.4 is 9.47 Å².